The third-order valence-electron chi connectivity index (χ3n) is 2.42. The summed E-state index contributed by atoms with van der Waals surface area (Å²) in [5, 5.41) is 0. The molecule has 2 aromatic carbocycles. The van der Waals surface area contributed by atoms with E-state index in [1.807, 2.05) is 6.07 Å². The van der Waals surface area contributed by atoms with Crippen LogP contribution in [0.3, 0.4) is 0 Å². The minimum Gasteiger partial charge on any atom is -0.371 e. The summed E-state index contributed by atoms with van der Waals surface area (Å²) in [6, 6.07) is 15.4. The summed E-state index contributed by atoms with van der Waals surface area (Å²) in [4.78, 5) is 11.8. The van der Waals surface area contributed by atoms with Crippen molar-refractivity contribution >= 4 is 17.3 Å². The lowest BCUT2D eigenvalue weighted by atomic mass is 10.1. The topological polar surface area (TPSA) is 52.6 Å². The van der Waals surface area contributed by atoms with E-state index in [9.17, 15) is 9.00 Å². The lowest BCUT2D eigenvalue weighted by Gasteiger charge is -2.06. The molecule has 0 heterocycles. The molecule has 0 aliphatic rings. The van der Waals surface area contributed by atoms with Crippen LogP contribution in [0.4, 0.5) is 0 Å². The summed E-state index contributed by atoms with van der Waals surface area (Å²) in [5.74, 6) is -0.300. The van der Waals surface area contributed by atoms with Crippen molar-refractivity contribution in [3.63, 3.8) is 0 Å². The molecule has 1 atom stereocenters. The summed E-state index contributed by atoms with van der Waals surface area (Å²) in [6.07, 6.45) is 0. The van der Waals surface area contributed by atoms with Crippen LogP contribution in [0.1, 0.15) is 15.9 Å². The fourth-order valence-corrected chi connectivity index (χ4v) is 2.00. The van der Waals surface area contributed by atoms with Crippen LogP contribution in [0.5, 0.6) is 5.75 Å². The van der Waals surface area contributed by atoms with Crippen LogP contribution < -0.4 is 4.18 Å². The first kappa shape index (κ1) is 13.3. The van der Waals surface area contributed by atoms with Crippen LogP contribution in [-0.2, 0) is 15.5 Å². The number of hydrogen-bond donors (Lipinski definition) is 0. The number of benzene rings is 2. The summed E-state index contributed by atoms with van der Waals surface area (Å²) in [7, 11) is 0. The van der Waals surface area contributed by atoms with Crippen LogP contribution in [-0.4, -0.2) is 10.2 Å². The van der Waals surface area contributed by atoms with E-state index in [0.717, 1.165) is 5.56 Å². The normalized spacial score (nSPS) is 11.6. The van der Waals surface area contributed by atoms with Crippen LogP contribution >= 0.6 is 0 Å². The van der Waals surface area contributed by atoms with Gasteiger partial charge in [-0.15, -0.1) is 0 Å². The molecule has 5 heteroatoms. The molecule has 98 valence electrons. The Kier molecular flexibility index (Phi) is 4.30. The zero-order valence-electron chi connectivity index (χ0n) is 10.2. The number of carbonyl (C=O) groups excluding carboxylic acids is 1. The zero-order chi connectivity index (χ0) is 13.7. The van der Waals surface area contributed by atoms with Gasteiger partial charge in [0.2, 0.25) is 0 Å². The van der Waals surface area contributed by atoms with Crippen molar-refractivity contribution < 1.29 is 17.4 Å². The molecule has 0 N–H and O–H groups in total. The standard InChI is InChI=1S/C14H12O4S/c1-11-7-5-6-10-13(11)14(15)18-19(16)17-12-8-3-2-4-9-12/h2-10H,1H3. The second-order valence-electron chi connectivity index (χ2n) is 3.79. The summed E-state index contributed by atoms with van der Waals surface area (Å²) in [6.45, 7) is 1.78. The molecule has 0 aliphatic carbocycles. The lowest BCUT2D eigenvalue weighted by Crippen LogP contribution is -2.13. The van der Waals surface area contributed by atoms with Crippen molar-refractivity contribution in [2.24, 2.45) is 0 Å². The van der Waals surface area contributed by atoms with Gasteiger partial charge in [-0.1, -0.05) is 36.4 Å². The van der Waals surface area contributed by atoms with Gasteiger partial charge in [0.1, 0.15) is 5.75 Å². The molecule has 0 bridgehead atoms. The van der Waals surface area contributed by atoms with Crippen molar-refractivity contribution in [2.75, 3.05) is 0 Å². The quantitative estimate of drug-likeness (QED) is 0.861. The molecule has 2 rings (SSSR count). The second kappa shape index (κ2) is 6.15. The van der Waals surface area contributed by atoms with Gasteiger partial charge >= 0.3 is 17.3 Å². The van der Waals surface area contributed by atoms with Gasteiger partial charge in [0.15, 0.2) is 0 Å². The van der Waals surface area contributed by atoms with E-state index in [2.05, 4.69) is 0 Å². The highest BCUT2D eigenvalue weighted by Crippen LogP contribution is 2.13. The molecule has 0 aliphatic heterocycles. The highest BCUT2D eigenvalue weighted by atomic mass is 32.2. The fraction of sp³-hybridized carbons (Fsp3) is 0.0714. The van der Waals surface area contributed by atoms with Crippen LogP contribution in [0.25, 0.3) is 0 Å². The molecule has 0 aromatic heterocycles. The minimum atomic E-state index is -2.16. The largest absolute Gasteiger partial charge is 0.420 e. The molecular weight excluding hydrogens is 264 g/mol. The van der Waals surface area contributed by atoms with Gasteiger partial charge in [0, 0.05) is 0 Å². The van der Waals surface area contributed by atoms with Crippen molar-refractivity contribution in [3.05, 3.63) is 65.7 Å². The summed E-state index contributed by atoms with van der Waals surface area (Å²) in [5.41, 5.74) is 1.12. The Hall–Kier alpha value is -2.14. The number of para-hydroxylation sites is 1. The van der Waals surface area contributed by atoms with E-state index >= 15 is 0 Å². The Morgan fingerprint density at radius 3 is 2.32 bits per heavy atom. The smallest absolute Gasteiger partial charge is 0.371 e. The van der Waals surface area contributed by atoms with E-state index in [1.54, 1.807) is 55.5 Å². The van der Waals surface area contributed by atoms with E-state index in [1.165, 1.54) is 0 Å². The van der Waals surface area contributed by atoms with Gasteiger partial charge in [-0.25, -0.2) is 4.79 Å². The van der Waals surface area contributed by atoms with Crippen molar-refractivity contribution in [1.29, 1.82) is 0 Å². The predicted molar refractivity (Wildman–Crippen MR) is 71.8 cm³/mol. The Morgan fingerprint density at radius 1 is 1.00 bits per heavy atom. The van der Waals surface area contributed by atoms with Gasteiger partial charge in [0.05, 0.1) is 5.56 Å². The van der Waals surface area contributed by atoms with Gasteiger partial charge in [-0.05, 0) is 30.7 Å². The molecule has 0 spiro atoms. The Labute approximate surface area is 113 Å². The number of hydrogen-bond acceptors (Lipinski definition) is 4. The van der Waals surface area contributed by atoms with Gasteiger partial charge in [-0.2, -0.15) is 4.21 Å². The predicted octanol–water partition coefficient (Wildman–Crippen LogP) is 2.81. The Morgan fingerprint density at radius 2 is 1.63 bits per heavy atom. The average molecular weight is 276 g/mol. The lowest BCUT2D eigenvalue weighted by molar-refractivity contribution is 0.0744. The molecule has 0 amide bonds. The molecule has 1 unspecified atom stereocenters. The molecular formula is C14H12O4S. The molecule has 0 radical (unpaired) electrons. The van der Waals surface area contributed by atoms with Crippen LogP contribution in [0.2, 0.25) is 0 Å². The maximum atomic E-state index is 11.8. The zero-order valence-corrected chi connectivity index (χ0v) is 11.1. The molecule has 2 aromatic rings. The van der Waals surface area contributed by atoms with Gasteiger partial charge in [-0.3, -0.25) is 0 Å². The average Bonchev–Trinajstić information content (AvgIpc) is 2.40. The fourth-order valence-electron chi connectivity index (χ4n) is 1.48. The summed E-state index contributed by atoms with van der Waals surface area (Å²) >= 11 is -2.16. The monoisotopic (exact) mass is 276 g/mol. The minimum absolute atomic E-state index is 0.368. The summed E-state index contributed by atoms with van der Waals surface area (Å²) < 4.78 is 21.3. The van der Waals surface area contributed by atoms with Gasteiger partial charge < -0.3 is 8.37 Å². The Bertz CT molecular complexity index is 595. The van der Waals surface area contributed by atoms with E-state index < -0.39 is 17.3 Å². The first-order valence-corrected chi connectivity index (χ1v) is 6.60. The maximum Gasteiger partial charge on any atom is 0.420 e. The number of aryl methyl sites for hydroxylation is 1. The first-order chi connectivity index (χ1) is 9.16. The molecule has 0 saturated heterocycles. The van der Waals surface area contributed by atoms with Crippen LogP contribution in [0.15, 0.2) is 54.6 Å². The number of carbonyl (C=O) groups is 1. The van der Waals surface area contributed by atoms with E-state index in [0.29, 0.717) is 11.3 Å². The molecule has 0 fully saturated rings. The third kappa shape index (κ3) is 3.66. The van der Waals surface area contributed by atoms with Crippen molar-refractivity contribution in [2.45, 2.75) is 6.92 Å². The molecule has 0 saturated carbocycles. The van der Waals surface area contributed by atoms with Crippen molar-refractivity contribution in [1.82, 2.24) is 0 Å². The first-order valence-electron chi connectivity index (χ1n) is 5.60. The highest BCUT2D eigenvalue weighted by molar-refractivity contribution is 7.76. The Balaban J connectivity index is 2.00. The van der Waals surface area contributed by atoms with Gasteiger partial charge in [0.25, 0.3) is 0 Å². The highest BCUT2D eigenvalue weighted by Gasteiger charge is 2.15. The third-order valence-corrected chi connectivity index (χ3v) is 3.03. The van der Waals surface area contributed by atoms with E-state index in [-0.39, 0.29) is 0 Å². The molecule has 4 nitrogen and oxygen atoms in total. The SMILES string of the molecule is Cc1ccccc1C(=O)OS(=O)Oc1ccccc1. The van der Waals surface area contributed by atoms with Crippen molar-refractivity contribution in [3.8, 4) is 5.75 Å². The van der Waals surface area contributed by atoms with E-state index in [4.69, 9.17) is 8.37 Å². The number of rotatable bonds is 4. The van der Waals surface area contributed by atoms with Crippen LogP contribution in [0, 0.1) is 6.92 Å². The molecule has 19 heavy (non-hydrogen) atoms. The second-order valence-corrected chi connectivity index (χ2v) is 4.53. The maximum absolute atomic E-state index is 11.8.